The number of methoxy groups -OCH3 is 2. The van der Waals surface area contributed by atoms with Crippen molar-refractivity contribution in [3.8, 4) is 5.75 Å². The summed E-state index contributed by atoms with van der Waals surface area (Å²) in [5, 5.41) is 6.63. The molecule has 1 aromatic carbocycles. The van der Waals surface area contributed by atoms with Crippen LogP contribution in [0.1, 0.15) is 12.8 Å². The number of fused-ring (bicyclic) bond motifs is 1. The van der Waals surface area contributed by atoms with Gasteiger partial charge < -0.3 is 20.1 Å². The van der Waals surface area contributed by atoms with E-state index < -0.39 is 0 Å². The molecule has 0 saturated heterocycles. The van der Waals surface area contributed by atoms with Gasteiger partial charge in [0.2, 0.25) is 0 Å². The maximum absolute atomic E-state index is 13.5. The predicted octanol–water partition coefficient (Wildman–Crippen LogP) is 2.47. The minimum absolute atomic E-state index is 0.264. The Kier molecular flexibility index (Phi) is 4.25. The third-order valence-corrected chi connectivity index (χ3v) is 3.09. The van der Waals surface area contributed by atoms with Gasteiger partial charge in [-0.05, 0) is 12.8 Å². The molecule has 1 aromatic rings. The van der Waals surface area contributed by atoms with Crippen LogP contribution in [0.3, 0.4) is 0 Å². The fourth-order valence-electron chi connectivity index (χ4n) is 2.13. The first-order valence-electron chi connectivity index (χ1n) is 6.11. The zero-order valence-electron chi connectivity index (χ0n) is 10.8. The molecule has 4 nitrogen and oxygen atoms in total. The van der Waals surface area contributed by atoms with Gasteiger partial charge in [0.15, 0.2) is 11.6 Å². The monoisotopic (exact) mass is 254 g/mol. The van der Waals surface area contributed by atoms with Gasteiger partial charge >= 0.3 is 0 Å². The summed E-state index contributed by atoms with van der Waals surface area (Å²) in [4.78, 5) is 0. The summed E-state index contributed by atoms with van der Waals surface area (Å²) in [5.41, 5.74) is 1.68. The standard InChI is InChI=1S/C13H19FN2O2/c1-17-5-3-4-9-8-15-11-6-10(14)13(18-2)7-12(11)16-9/h6-7,9,15-16H,3-5,8H2,1-2H3. The Morgan fingerprint density at radius 1 is 1.33 bits per heavy atom. The van der Waals surface area contributed by atoms with Gasteiger partial charge in [-0.3, -0.25) is 0 Å². The van der Waals surface area contributed by atoms with Gasteiger partial charge in [-0.1, -0.05) is 0 Å². The third kappa shape index (κ3) is 2.85. The number of nitrogens with one attached hydrogen (secondary N) is 2. The van der Waals surface area contributed by atoms with Crippen LogP contribution in [-0.2, 0) is 4.74 Å². The zero-order valence-corrected chi connectivity index (χ0v) is 10.8. The van der Waals surface area contributed by atoms with Gasteiger partial charge in [0.1, 0.15) is 0 Å². The van der Waals surface area contributed by atoms with E-state index in [-0.39, 0.29) is 11.6 Å². The van der Waals surface area contributed by atoms with Crippen molar-refractivity contribution in [3.05, 3.63) is 17.9 Å². The minimum atomic E-state index is -0.344. The van der Waals surface area contributed by atoms with Gasteiger partial charge in [-0.2, -0.15) is 0 Å². The lowest BCUT2D eigenvalue weighted by atomic mass is 10.1. The smallest absolute Gasteiger partial charge is 0.167 e. The molecular weight excluding hydrogens is 235 g/mol. The molecule has 1 aliphatic heterocycles. The molecule has 1 atom stereocenters. The molecule has 18 heavy (non-hydrogen) atoms. The van der Waals surface area contributed by atoms with Crippen molar-refractivity contribution >= 4 is 11.4 Å². The molecule has 5 heteroatoms. The minimum Gasteiger partial charge on any atom is -0.494 e. The molecule has 1 unspecified atom stereocenters. The summed E-state index contributed by atoms with van der Waals surface area (Å²) in [5.74, 6) is -0.0797. The summed E-state index contributed by atoms with van der Waals surface area (Å²) in [6.45, 7) is 1.56. The Hall–Kier alpha value is -1.49. The van der Waals surface area contributed by atoms with Crippen LogP contribution in [0.5, 0.6) is 5.75 Å². The lowest BCUT2D eigenvalue weighted by molar-refractivity contribution is 0.191. The Labute approximate surface area is 106 Å². The van der Waals surface area contributed by atoms with E-state index in [1.54, 1.807) is 13.2 Å². The largest absolute Gasteiger partial charge is 0.494 e. The number of anilines is 2. The summed E-state index contributed by atoms with van der Waals surface area (Å²) in [6, 6.07) is 3.50. The first-order valence-corrected chi connectivity index (χ1v) is 6.11. The van der Waals surface area contributed by atoms with Crippen molar-refractivity contribution in [3.63, 3.8) is 0 Å². The summed E-state index contributed by atoms with van der Waals surface area (Å²) >= 11 is 0. The third-order valence-electron chi connectivity index (χ3n) is 3.09. The Balaban J connectivity index is 2.04. The molecule has 100 valence electrons. The van der Waals surface area contributed by atoms with Crippen molar-refractivity contribution < 1.29 is 13.9 Å². The van der Waals surface area contributed by atoms with Gasteiger partial charge in [-0.15, -0.1) is 0 Å². The zero-order chi connectivity index (χ0) is 13.0. The quantitative estimate of drug-likeness (QED) is 0.792. The van der Waals surface area contributed by atoms with Gasteiger partial charge in [0, 0.05) is 38.4 Å². The van der Waals surface area contributed by atoms with Crippen LogP contribution in [0.2, 0.25) is 0 Å². The van der Waals surface area contributed by atoms with E-state index in [0.717, 1.165) is 37.4 Å². The van der Waals surface area contributed by atoms with Gasteiger partial charge in [0.05, 0.1) is 18.5 Å². The summed E-state index contributed by atoms with van der Waals surface area (Å²) < 4.78 is 23.5. The van der Waals surface area contributed by atoms with E-state index in [0.29, 0.717) is 6.04 Å². The second kappa shape index (κ2) is 5.91. The highest BCUT2D eigenvalue weighted by Crippen LogP contribution is 2.33. The molecule has 2 rings (SSSR count). The molecule has 1 heterocycles. The molecule has 0 spiro atoms. The SMILES string of the molecule is COCCCC1CNc2cc(F)c(OC)cc2N1. The van der Waals surface area contributed by atoms with Crippen molar-refractivity contribution in [2.24, 2.45) is 0 Å². The predicted molar refractivity (Wildman–Crippen MR) is 70.0 cm³/mol. The summed E-state index contributed by atoms with van der Waals surface area (Å²) in [6.07, 6.45) is 2.02. The molecule has 1 aliphatic rings. The molecule has 0 saturated carbocycles. The van der Waals surface area contributed by atoms with Crippen LogP contribution >= 0.6 is 0 Å². The Morgan fingerprint density at radius 2 is 2.17 bits per heavy atom. The van der Waals surface area contributed by atoms with E-state index in [1.165, 1.54) is 13.2 Å². The first kappa shape index (κ1) is 13.0. The topological polar surface area (TPSA) is 42.5 Å². The van der Waals surface area contributed by atoms with Crippen LogP contribution in [0, 0.1) is 5.82 Å². The van der Waals surface area contributed by atoms with Crippen molar-refractivity contribution in [1.82, 2.24) is 0 Å². The summed E-state index contributed by atoms with van der Waals surface area (Å²) in [7, 11) is 3.17. The average molecular weight is 254 g/mol. The van der Waals surface area contributed by atoms with E-state index in [9.17, 15) is 4.39 Å². The van der Waals surface area contributed by atoms with Crippen molar-refractivity contribution in [2.75, 3.05) is 38.0 Å². The number of ether oxygens (including phenoxy) is 2. The van der Waals surface area contributed by atoms with Crippen LogP contribution in [-0.4, -0.2) is 33.4 Å². The maximum atomic E-state index is 13.5. The molecule has 0 aliphatic carbocycles. The lowest BCUT2D eigenvalue weighted by Crippen LogP contribution is -2.33. The lowest BCUT2D eigenvalue weighted by Gasteiger charge is -2.28. The molecule has 0 radical (unpaired) electrons. The normalized spacial score (nSPS) is 17.6. The van der Waals surface area contributed by atoms with Crippen LogP contribution in [0.25, 0.3) is 0 Å². The van der Waals surface area contributed by atoms with Crippen LogP contribution in [0.4, 0.5) is 15.8 Å². The Morgan fingerprint density at radius 3 is 2.89 bits per heavy atom. The number of rotatable bonds is 5. The fourth-order valence-corrected chi connectivity index (χ4v) is 2.13. The fraction of sp³-hybridized carbons (Fsp3) is 0.538. The van der Waals surface area contributed by atoms with Crippen LogP contribution < -0.4 is 15.4 Å². The molecule has 2 N–H and O–H groups in total. The van der Waals surface area contributed by atoms with Crippen molar-refractivity contribution in [1.29, 1.82) is 0 Å². The van der Waals surface area contributed by atoms with E-state index >= 15 is 0 Å². The maximum Gasteiger partial charge on any atom is 0.167 e. The highest BCUT2D eigenvalue weighted by molar-refractivity contribution is 5.73. The number of hydrogen-bond donors (Lipinski definition) is 2. The molecule has 0 amide bonds. The highest BCUT2D eigenvalue weighted by Gasteiger charge is 2.19. The highest BCUT2D eigenvalue weighted by atomic mass is 19.1. The number of benzene rings is 1. The second-order valence-corrected chi connectivity index (χ2v) is 4.39. The molecular formula is C13H19FN2O2. The molecule has 0 fully saturated rings. The van der Waals surface area contributed by atoms with Crippen molar-refractivity contribution in [2.45, 2.75) is 18.9 Å². The second-order valence-electron chi connectivity index (χ2n) is 4.39. The van der Waals surface area contributed by atoms with E-state index in [4.69, 9.17) is 9.47 Å². The number of hydrogen-bond acceptors (Lipinski definition) is 4. The Bertz CT molecular complexity index is 412. The molecule has 0 aromatic heterocycles. The van der Waals surface area contributed by atoms with Gasteiger partial charge in [-0.25, -0.2) is 4.39 Å². The van der Waals surface area contributed by atoms with E-state index in [2.05, 4.69) is 10.6 Å². The van der Waals surface area contributed by atoms with Crippen LogP contribution in [0.15, 0.2) is 12.1 Å². The number of halogens is 1. The average Bonchev–Trinajstić information content (AvgIpc) is 2.38. The first-order chi connectivity index (χ1) is 8.74. The van der Waals surface area contributed by atoms with Gasteiger partial charge in [0.25, 0.3) is 0 Å². The van der Waals surface area contributed by atoms with E-state index in [1.807, 2.05) is 0 Å². The molecule has 0 bridgehead atoms.